The Morgan fingerprint density at radius 3 is 2.44 bits per heavy atom. The van der Waals surface area contributed by atoms with Gasteiger partial charge in [-0.15, -0.1) is 0 Å². The largest absolute Gasteiger partial charge is 0.463 e. The van der Waals surface area contributed by atoms with Crippen LogP contribution in [0.15, 0.2) is 66.7 Å². The number of benzene rings is 2. The summed E-state index contributed by atoms with van der Waals surface area (Å²) >= 11 is 5.96. The molecule has 6 heteroatoms. The average Bonchev–Trinajstić information content (AvgIpc) is 2.69. The zero-order valence-corrected chi connectivity index (χ0v) is 15.9. The lowest BCUT2D eigenvalue weighted by Crippen LogP contribution is -2.45. The number of nitrogens with one attached hydrogen (secondary N) is 1. The highest BCUT2D eigenvalue weighted by Crippen LogP contribution is 2.30. The van der Waals surface area contributed by atoms with E-state index in [4.69, 9.17) is 32.2 Å². The molecule has 2 rings (SSSR count). The molecule has 0 heterocycles. The molecule has 2 aromatic carbocycles. The van der Waals surface area contributed by atoms with Crippen LogP contribution in [0.25, 0.3) is 0 Å². The molecule has 0 bridgehead atoms. The van der Waals surface area contributed by atoms with Gasteiger partial charge in [-0.3, -0.25) is 0 Å². The van der Waals surface area contributed by atoms with Gasteiger partial charge in [-0.05, 0) is 30.2 Å². The normalized spacial score (nSPS) is 13.3. The van der Waals surface area contributed by atoms with E-state index in [1.54, 1.807) is 37.3 Å². The van der Waals surface area contributed by atoms with Crippen LogP contribution in [-0.2, 0) is 19.9 Å². The van der Waals surface area contributed by atoms with Crippen molar-refractivity contribution in [2.75, 3.05) is 19.8 Å². The Hall–Kier alpha value is -2.47. The van der Waals surface area contributed by atoms with Crippen LogP contribution >= 0.6 is 11.6 Å². The zero-order chi connectivity index (χ0) is 19.7. The molecule has 2 aromatic rings. The first-order valence-electron chi connectivity index (χ1n) is 8.61. The first kappa shape index (κ1) is 20.8. The minimum absolute atomic E-state index is 0.0612. The van der Waals surface area contributed by atoms with Crippen LogP contribution in [0, 0.1) is 5.41 Å². The summed E-state index contributed by atoms with van der Waals surface area (Å²) in [6, 6.07) is 16.3. The standard InChI is InChI=1S/C21H23ClN2O3/c1-2-26-19(25)9-6-14-27-21(15-23,17-7-4-3-5-8-17)20(24)16-10-12-18(22)13-11-16/h3-13,24H,2,14-15,23H2,1H3. The summed E-state index contributed by atoms with van der Waals surface area (Å²) in [5, 5.41) is 9.35. The van der Waals surface area contributed by atoms with Gasteiger partial charge in [0.15, 0.2) is 0 Å². The topological polar surface area (TPSA) is 85.4 Å². The van der Waals surface area contributed by atoms with E-state index in [-0.39, 0.29) is 18.9 Å². The number of hydrogen-bond acceptors (Lipinski definition) is 5. The minimum atomic E-state index is -1.16. The van der Waals surface area contributed by atoms with E-state index in [0.29, 0.717) is 17.2 Å². The maximum Gasteiger partial charge on any atom is 0.330 e. The van der Waals surface area contributed by atoms with E-state index in [2.05, 4.69) is 0 Å². The number of rotatable bonds is 9. The van der Waals surface area contributed by atoms with Gasteiger partial charge in [-0.25, -0.2) is 4.79 Å². The second-order valence-electron chi connectivity index (χ2n) is 5.74. The van der Waals surface area contributed by atoms with Gasteiger partial charge in [0, 0.05) is 17.6 Å². The minimum Gasteiger partial charge on any atom is -0.463 e. The van der Waals surface area contributed by atoms with E-state index in [1.807, 2.05) is 30.3 Å². The van der Waals surface area contributed by atoms with Crippen LogP contribution < -0.4 is 5.73 Å². The molecule has 1 atom stereocenters. The highest BCUT2D eigenvalue weighted by molar-refractivity contribution is 6.30. The maximum absolute atomic E-state index is 11.5. The number of ether oxygens (including phenoxy) is 2. The monoisotopic (exact) mass is 386 g/mol. The number of hydrogen-bond donors (Lipinski definition) is 2. The van der Waals surface area contributed by atoms with Crippen molar-refractivity contribution >= 4 is 23.3 Å². The molecule has 0 radical (unpaired) electrons. The summed E-state index contributed by atoms with van der Waals surface area (Å²) in [4.78, 5) is 11.5. The first-order valence-corrected chi connectivity index (χ1v) is 8.99. The maximum atomic E-state index is 11.5. The lowest BCUT2D eigenvalue weighted by atomic mass is 9.85. The van der Waals surface area contributed by atoms with Gasteiger partial charge in [0.1, 0.15) is 5.60 Å². The molecule has 27 heavy (non-hydrogen) atoms. The smallest absolute Gasteiger partial charge is 0.330 e. The lowest BCUT2D eigenvalue weighted by Gasteiger charge is -2.34. The predicted octanol–water partition coefficient (Wildman–Crippen LogP) is 3.70. The molecule has 0 fully saturated rings. The Labute approximate surface area is 164 Å². The highest BCUT2D eigenvalue weighted by atomic mass is 35.5. The van der Waals surface area contributed by atoms with Gasteiger partial charge >= 0.3 is 5.97 Å². The van der Waals surface area contributed by atoms with Crippen LogP contribution in [0.1, 0.15) is 18.1 Å². The average molecular weight is 387 g/mol. The molecule has 142 valence electrons. The van der Waals surface area contributed by atoms with Gasteiger partial charge in [-0.2, -0.15) is 0 Å². The van der Waals surface area contributed by atoms with Crippen molar-refractivity contribution in [2.45, 2.75) is 12.5 Å². The summed E-state index contributed by atoms with van der Waals surface area (Å²) in [6.07, 6.45) is 2.86. The zero-order valence-electron chi connectivity index (χ0n) is 15.2. The van der Waals surface area contributed by atoms with Gasteiger partial charge in [0.05, 0.1) is 18.9 Å². The number of halogens is 1. The van der Waals surface area contributed by atoms with Crippen molar-refractivity contribution < 1.29 is 14.3 Å². The van der Waals surface area contributed by atoms with Gasteiger partial charge in [0.2, 0.25) is 0 Å². The van der Waals surface area contributed by atoms with E-state index >= 15 is 0 Å². The third-order valence-corrected chi connectivity index (χ3v) is 4.28. The van der Waals surface area contributed by atoms with Gasteiger partial charge in [0.25, 0.3) is 0 Å². The molecular weight excluding hydrogens is 364 g/mol. The molecule has 0 amide bonds. The summed E-state index contributed by atoms with van der Waals surface area (Å²) in [5.41, 5.74) is 6.57. The summed E-state index contributed by atoms with van der Waals surface area (Å²) in [5.74, 6) is -0.438. The fraction of sp³-hybridized carbons (Fsp3) is 0.238. The number of esters is 1. The SMILES string of the molecule is CCOC(=O)C=CCOC(CN)(C(=N)c1ccc(Cl)cc1)c1ccccc1. The molecule has 0 aliphatic heterocycles. The molecule has 0 aliphatic carbocycles. The molecule has 0 saturated carbocycles. The molecule has 5 nitrogen and oxygen atoms in total. The van der Waals surface area contributed by atoms with Crippen LogP contribution in [0.3, 0.4) is 0 Å². The Balaban J connectivity index is 2.32. The van der Waals surface area contributed by atoms with Crippen molar-refractivity contribution in [3.05, 3.63) is 82.9 Å². The second-order valence-corrected chi connectivity index (χ2v) is 6.18. The fourth-order valence-corrected chi connectivity index (χ4v) is 2.79. The van der Waals surface area contributed by atoms with Gasteiger partial charge in [-0.1, -0.05) is 60.1 Å². The van der Waals surface area contributed by atoms with E-state index in [9.17, 15) is 4.79 Å². The Bertz CT molecular complexity index is 791. The van der Waals surface area contributed by atoms with Crippen molar-refractivity contribution in [2.24, 2.45) is 5.73 Å². The Kier molecular flexibility index (Phi) is 7.73. The molecule has 3 N–H and O–H groups in total. The summed E-state index contributed by atoms with van der Waals surface area (Å²) in [6.45, 7) is 2.21. The molecular formula is C21H23ClN2O3. The lowest BCUT2D eigenvalue weighted by molar-refractivity contribution is -0.137. The van der Waals surface area contributed by atoms with Gasteiger partial charge < -0.3 is 20.6 Å². The summed E-state index contributed by atoms with van der Waals surface area (Å²) < 4.78 is 10.9. The third-order valence-electron chi connectivity index (χ3n) is 4.03. The molecule has 0 saturated heterocycles. The summed E-state index contributed by atoms with van der Waals surface area (Å²) in [7, 11) is 0. The molecule has 0 aromatic heterocycles. The quantitative estimate of drug-likeness (QED) is 0.391. The molecule has 0 aliphatic rings. The van der Waals surface area contributed by atoms with Crippen LogP contribution in [0.5, 0.6) is 0 Å². The number of carbonyl (C=O) groups excluding carboxylic acids is 1. The van der Waals surface area contributed by atoms with E-state index in [0.717, 1.165) is 5.56 Å². The fourth-order valence-electron chi connectivity index (χ4n) is 2.66. The highest BCUT2D eigenvalue weighted by Gasteiger charge is 2.37. The van der Waals surface area contributed by atoms with Crippen LogP contribution in [-0.4, -0.2) is 31.4 Å². The predicted molar refractivity (Wildman–Crippen MR) is 107 cm³/mol. The van der Waals surface area contributed by atoms with Crippen LogP contribution in [0.2, 0.25) is 5.02 Å². The Morgan fingerprint density at radius 1 is 1.19 bits per heavy atom. The number of nitrogens with two attached hydrogens (primary N) is 1. The van der Waals surface area contributed by atoms with E-state index < -0.39 is 11.6 Å². The van der Waals surface area contributed by atoms with Crippen molar-refractivity contribution in [3.63, 3.8) is 0 Å². The van der Waals surface area contributed by atoms with Crippen molar-refractivity contribution in [3.8, 4) is 0 Å². The van der Waals surface area contributed by atoms with Crippen molar-refractivity contribution in [1.82, 2.24) is 0 Å². The van der Waals surface area contributed by atoms with Crippen molar-refractivity contribution in [1.29, 1.82) is 5.41 Å². The van der Waals surface area contributed by atoms with E-state index in [1.165, 1.54) is 6.08 Å². The molecule has 0 spiro atoms. The molecule has 1 unspecified atom stereocenters. The van der Waals surface area contributed by atoms with Crippen LogP contribution in [0.4, 0.5) is 0 Å². The third kappa shape index (κ3) is 5.26. The first-order chi connectivity index (χ1) is 13.0. The Morgan fingerprint density at radius 2 is 1.85 bits per heavy atom. The number of carbonyl (C=O) groups is 1. The second kappa shape index (κ2) is 10.0.